The molecule has 0 radical (unpaired) electrons. The average Bonchev–Trinajstić information content (AvgIpc) is 3.03. The largest absolute Gasteiger partial charge is 0.493 e. The summed E-state index contributed by atoms with van der Waals surface area (Å²) in [7, 11) is 1.56. The van der Waals surface area contributed by atoms with Crippen molar-refractivity contribution in [2.45, 2.75) is 26.9 Å². The van der Waals surface area contributed by atoms with Crippen LogP contribution in [0.25, 0.3) is 0 Å². The molecule has 0 fully saturated rings. The van der Waals surface area contributed by atoms with Crippen LogP contribution in [-0.2, 0) is 6.54 Å². The molecule has 0 saturated carbocycles. The number of carbonyl (C=O) groups excluding carboxylic acids is 1. The molecule has 2 rings (SSSR count). The van der Waals surface area contributed by atoms with E-state index in [2.05, 4.69) is 5.10 Å². The number of hydrogen-bond donors (Lipinski definition) is 0. The Labute approximate surface area is 139 Å². The van der Waals surface area contributed by atoms with Crippen molar-refractivity contribution in [2.24, 2.45) is 5.92 Å². The minimum Gasteiger partial charge on any atom is -0.493 e. The quantitative estimate of drug-likeness (QED) is 0.776. The number of halogens is 2. The standard InChI is InChI=1S/C17H21F2N3O2/c1-12(2)11-24-15-7-5-4-6-13(15)10-21(3)16(23)14-8-9-20-22(14)17(18)19/h4-9,12,17H,10-11H2,1-3H3. The van der Waals surface area contributed by atoms with Crippen molar-refractivity contribution >= 4 is 5.91 Å². The van der Waals surface area contributed by atoms with Gasteiger partial charge in [-0.25, -0.2) is 0 Å². The molecule has 24 heavy (non-hydrogen) atoms. The molecule has 2 aromatic rings. The average molecular weight is 337 g/mol. The normalized spacial score (nSPS) is 11.1. The Morgan fingerprint density at radius 3 is 2.67 bits per heavy atom. The fourth-order valence-electron chi connectivity index (χ4n) is 2.19. The van der Waals surface area contributed by atoms with Crippen molar-refractivity contribution in [3.63, 3.8) is 0 Å². The maximum absolute atomic E-state index is 12.9. The van der Waals surface area contributed by atoms with E-state index in [4.69, 9.17) is 4.74 Å². The van der Waals surface area contributed by atoms with Crippen LogP contribution in [0.3, 0.4) is 0 Å². The fraction of sp³-hybridized carbons (Fsp3) is 0.412. The van der Waals surface area contributed by atoms with Crippen LogP contribution in [0.15, 0.2) is 36.5 Å². The van der Waals surface area contributed by atoms with Gasteiger partial charge in [-0.1, -0.05) is 32.0 Å². The lowest BCUT2D eigenvalue weighted by molar-refractivity contribution is 0.0472. The van der Waals surface area contributed by atoms with Gasteiger partial charge in [0.05, 0.1) is 6.61 Å². The molecular weight excluding hydrogens is 316 g/mol. The van der Waals surface area contributed by atoms with Crippen LogP contribution < -0.4 is 4.74 Å². The molecule has 1 amide bonds. The summed E-state index contributed by atoms with van der Waals surface area (Å²) in [6.45, 7) is 2.05. The Morgan fingerprint density at radius 2 is 2.00 bits per heavy atom. The molecule has 7 heteroatoms. The molecule has 1 aromatic carbocycles. The lowest BCUT2D eigenvalue weighted by Gasteiger charge is -2.20. The molecule has 0 saturated heterocycles. The van der Waals surface area contributed by atoms with Gasteiger partial charge in [-0.15, -0.1) is 0 Å². The molecule has 0 aliphatic rings. The Kier molecular flexibility index (Phi) is 5.89. The number of amides is 1. The van der Waals surface area contributed by atoms with Gasteiger partial charge in [0.25, 0.3) is 5.91 Å². The SMILES string of the molecule is CC(C)COc1ccccc1CN(C)C(=O)c1ccnn1C(F)F. The van der Waals surface area contributed by atoms with Crippen molar-refractivity contribution < 1.29 is 18.3 Å². The van der Waals surface area contributed by atoms with Crippen LogP contribution in [0.1, 0.15) is 36.4 Å². The molecule has 0 N–H and O–H groups in total. The molecule has 0 aliphatic carbocycles. The van der Waals surface area contributed by atoms with E-state index >= 15 is 0 Å². The van der Waals surface area contributed by atoms with Gasteiger partial charge >= 0.3 is 6.55 Å². The molecule has 0 aliphatic heterocycles. The highest BCUT2D eigenvalue weighted by atomic mass is 19.3. The number of aromatic nitrogens is 2. The third-order valence-electron chi connectivity index (χ3n) is 3.37. The molecular formula is C17H21F2N3O2. The number of nitrogens with zero attached hydrogens (tertiary/aromatic N) is 3. The molecule has 1 aromatic heterocycles. The molecule has 0 atom stereocenters. The van der Waals surface area contributed by atoms with Crippen LogP contribution in [0, 0.1) is 5.92 Å². The van der Waals surface area contributed by atoms with Gasteiger partial charge < -0.3 is 9.64 Å². The fourth-order valence-corrected chi connectivity index (χ4v) is 2.19. The van der Waals surface area contributed by atoms with Crippen molar-refractivity contribution in [3.05, 3.63) is 47.8 Å². The van der Waals surface area contributed by atoms with Crippen molar-refractivity contribution in [3.8, 4) is 5.75 Å². The van der Waals surface area contributed by atoms with Crippen LogP contribution in [0.2, 0.25) is 0 Å². The highest BCUT2D eigenvalue weighted by Gasteiger charge is 2.21. The molecule has 130 valence electrons. The van der Waals surface area contributed by atoms with Gasteiger partial charge in [0, 0.05) is 25.4 Å². The Morgan fingerprint density at radius 1 is 1.29 bits per heavy atom. The molecule has 1 heterocycles. The van der Waals surface area contributed by atoms with E-state index in [1.807, 2.05) is 38.1 Å². The molecule has 0 bridgehead atoms. The zero-order valence-corrected chi connectivity index (χ0v) is 13.9. The number of alkyl halides is 2. The van der Waals surface area contributed by atoms with E-state index in [1.165, 1.54) is 17.2 Å². The first kappa shape index (κ1) is 17.9. The van der Waals surface area contributed by atoms with E-state index in [-0.39, 0.29) is 12.2 Å². The third-order valence-corrected chi connectivity index (χ3v) is 3.37. The molecule has 0 unspecified atom stereocenters. The number of carbonyl (C=O) groups is 1. The molecule has 0 spiro atoms. The van der Waals surface area contributed by atoms with E-state index in [0.717, 1.165) is 5.56 Å². The van der Waals surface area contributed by atoms with Crippen LogP contribution >= 0.6 is 0 Å². The zero-order chi connectivity index (χ0) is 17.7. The van der Waals surface area contributed by atoms with Crippen molar-refractivity contribution in [1.29, 1.82) is 0 Å². The van der Waals surface area contributed by atoms with Crippen LogP contribution in [0.5, 0.6) is 5.75 Å². The van der Waals surface area contributed by atoms with E-state index in [9.17, 15) is 13.6 Å². The van der Waals surface area contributed by atoms with Gasteiger partial charge in [-0.05, 0) is 18.1 Å². The second-order valence-electron chi connectivity index (χ2n) is 5.91. The Bertz CT molecular complexity index is 686. The minimum absolute atomic E-state index is 0.145. The van der Waals surface area contributed by atoms with Crippen LogP contribution in [0.4, 0.5) is 8.78 Å². The van der Waals surface area contributed by atoms with Gasteiger partial charge in [-0.3, -0.25) is 4.79 Å². The summed E-state index contributed by atoms with van der Waals surface area (Å²) in [6, 6.07) is 8.67. The Balaban J connectivity index is 2.13. The lowest BCUT2D eigenvalue weighted by atomic mass is 10.2. The minimum atomic E-state index is -2.85. The zero-order valence-electron chi connectivity index (χ0n) is 13.9. The second-order valence-corrected chi connectivity index (χ2v) is 5.91. The predicted molar refractivity (Wildman–Crippen MR) is 86.1 cm³/mol. The van der Waals surface area contributed by atoms with Gasteiger partial charge in [0.1, 0.15) is 11.4 Å². The van der Waals surface area contributed by atoms with Gasteiger partial charge in [0.15, 0.2) is 0 Å². The molecule has 5 nitrogen and oxygen atoms in total. The highest BCUT2D eigenvalue weighted by molar-refractivity contribution is 5.92. The summed E-state index contributed by atoms with van der Waals surface area (Å²) in [4.78, 5) is 13.8. The first-order valence-electron chi connectivity index (χ1n) is 7.68. The van der Waals surface area contributed by atoms with Crippen molar-refractivity contribution in [1.82, 2.24) is 14.7 Å². The van der Waals surface area contributed by atoms with Crippen molar-refractivity contribution in [2.75, 3.05) is 13.7 Å². The van der Waals surface area contributed by atoms with E-state index in [0.29, 0.717) is 23.0 Å². The van der Waals surface area contributed by atoms with E-state index < -0.39 is 12.5 Å². The summed E-state index contributed by atoms with van der Waals surface area (Å²) < 4.78 is 31.9. The summed E-state index contributed by atoms with van der Waals surface area (Å²) in [6.07, 6.45) is 1.19. The number of hydrogen-bond acceptors (Lipinski definition) is 3. The third kappa shape index (κ3) is 4.31. The summed E-state index contributed by atoms with van der Waals surface area (Å²) in [5, 5.41) is 3.49. The topological polar surface area (TPSA) is 47.4 Å². The number of para-hydroxylation sites is 1. The summed E-state index contributed by atoms with van der Waals surface area (Å²) >= 11 is 0. The summed E-state index contributed by atoms with van der Waals surface area (Å²) in [5.74, 6) is 0.539. The smallest absolute Gasteiger partial charge is 0.333 e. The number of benzene rings is 1. The highest BCUT2D eigenvalue weighted by Crippen LogP contribution is 2.21. The first-order valence-corrected chi connectivity index (χ1v) is 7.68. The second kappa shape index (κ2) is 7.90. The van der Waals surface area contributed by atoms with Gasteiger partial charge in [-0.2, -0.15) is 18.6 Å². The monoisotopic (exact) mass is 337 g/mol. The van der Waals surface area contributed by atoms with Crippen LogP contribution in [-0.4, -0.2) is 34.2 Å². The number of ether oxygens (including phenoxy) is 1. The summed E-state index contributed by atoms with van der Waals surface area (Å²) in [5.41, 5.74) is 0.671. The Hall–Kier alpha value is -2.44. The maximum Gasteiger partial charge on any atom is 0.333 e. The van der Waals surface area contributed by atoms with Gasteiger partial charge in [0.2, 0.25) is 0 Å². The first-order chi connectivity index (χ1) is 11.4. The lowest BCUT2D eigenvalue weighted by Crippen LogP contribution is -2.29. The van der Waals surface area contributed by atoms with E-state index in [1.54, 1.807) is 7.05 Å². The maximum atomic E-state index is 12.9. The predicted octanol–water partition coefficient (Wildman–Crippen LogP) is 3.59. The number of rotatable bonds is 7.